The van der Waals surface area contributed by atoms with Gasteiger partial charge in [0.2, 0.25) is 0 Å². The van der Waals surface area contributed by atoms with Gasteiger partial charge in [0, 0.05) is 47.5 Å². The average Bonchev–Trinajstić information content (AvgIpc) is 3.43. The van der Waals surface area contributed by atoms with Gasteiger partial charge in [0.1, 0.15) is 30.2 Å². The van der Waals surface area contributed by atoms with Gasteiger partial charge in [-0.3, -0.25) is 9.59 Å². The zero-order valence-corrected chi connectivity index (χ0v) is 33.7. The molecule has 2 spiro atoms. The number of Topliss-reactive ketones (excluding diaryl/α,β-unsaturated/α-hetero) is 1. The molecule has 1 aromatic rings. The van der Waals surface area contributed by atoms with Crippen LogP contribution in [0.15, 0.2) is 16.7 Å². The molecule has 0 radical (unpaired) electrons. The van der Waals surface area contributed by atoms with Crippen LogP contribution in [0.1, 0.15) is 115 Å². The number of hydrogen-bond donors (Lipinski definition) is 5. The summed E-state index contributed by atoms with van der Waals surface area (Å²) in [7, 11) is 0. The van der Waals surface area contributed by atoms with Gasteiger partial charge in [-0.1, -0.05) is 39.0 Å². The standard InChI is InChI=1S/C44H62N2O11/c1-40(2)33-31(49)34(50)43(25-10-5-4-6-11-25)32-24(13-14-28-36(56-40)42(32,33)21-54-38(28)51)18-41(3)35(55-39(52)37-44(41,43)57-37)27-15-16-53-30(27)17-23(29(48)20-47)9-7-8-12-26-19-45-22-46-26/h15-16,23-26,28-29,32-37,45-48,50H,4-14,17-22H2,1-3H3/t23-,24+,26-,28-,29+,32+,33+,34+,35-,36-,37+,41-,42+,43-,44+/m0/s1. The Morgan fingerprint density at radius 2 is 1.79 bits per heavy atom. The van der Waals surface area contributed by atoms with Crippen molar-refractivity contribution in [3.05, 3.63) is 23.7 Å². The number of rotatable bonds is 11. The molecule has 9 aliphatic rings. The highest BCUT2D eigenvalue weighted by Gasteiger charge is 2.94. The molecule has 0 amide bonds. The molecule has 6 heterocycles. The third-order valence-corrected chi connectivity index (χ3v) is 17.4. The van der Waals surface area contributed by atoms with Crippen LogP contribution in [0.25, 0.3) is 0 Å². The van der Waals surface area contributed by atoms with Gasteiger partial charge in [-0.2, -0.15) is 0 Å². The number of ketones is 1. The number of carbonyl (C=O) groups is 3. The molecule has 5 aliphatic heterocycles. The van der Waals surface area contributed by atoms with E-state index >= 15 is 4.79 Å². The molecule has 9 fully saturated rings. The van der Waals surface area contributed by atoms with E-state index in [1.807, 2.05) is 19.9 Å². The summed E-state index contributed by atoms with van der Waals surface area (Å²) in [6, 6.07) is 2.29. The Morgan fingerprint density at radius 1 is 0.982 bits per heavy atom. The number of cyclic esters (lactones) is 2. The zero-order valence-electron chi connectivity index (χ0n) is 33.7. The molecule has 4 aliphatic carbocycles. The molecule has 1 aromatic heterocycles. The molecule has 15 atom stereocenters. The average molecular weight is 795 g/mol. The molecule has 0 unspecified atom stereocenters. The topological polar surface area (TPSA) is 189 Å². The summed E-state index contributed by atoms with van der Waals surface area (Å²) in [5.74, 6) is -2.45. The molecule has 57 heavy (non-hydrogen) atoms. The molecule has 10 rings (SSSR count). The first-order valence-corrected chi connectivity index (χ1v) is 22.1. The van der Waals surface area contributed by atoms with Crippen LogP contribution in [-0.2, 0) is 39.8 Å². The predicted octanol–water partition coefficient (Wildman–Crippen LogP) is 3.51. The quantitative estimate of drug-likeness (QED) is 0.125. The minimum Gasteiger partial charge on any atom is -0.469 e. The van der Waals surface area contributed by atoms with Crippen molar-refractivity contribution >= 4 is 17.7 Å². The van der Waals surface area contributed by atoms with E-state index in [0.29, 0.717) is 49.5 Å². The van der Waals surface area contributed by atoms with E-state index in [1.54, 1.807) is 6.26 Å². The third kappa shape index (κ3) is 5.08. The van der Waals surface area contributed by atoms with Crippen LogP contribution in [0.5, 0.6) is 0 Å². The zero-order chi connectivity index (χ0) is 39.7. The number of unbranched alkanes of at least 4 members (excludes halogenated alkanes) is 1. The number of carbonyl (C=O) groups excluding carboxylic acids is 3. The molecular weight excluding hydrogens is 732 g/mol. The Morgan fingerprint density at radius 3 is 2.54 bits per heavy atom. The van der Waals surface area contributed by atoms with Crippen LogP contribution in [0.3, 0.4) is 0 Å². The van der Waals surface area contributed by atoms with Gasteiger partial charge in [0.05, 0.1) is 42.5 Å². The first-order chi connectivity index (χ1) is 27.4. The third-order valence-electron chi connectivity index (χ3n) is 17.4. The fourth-order valence-corrected chi connectivity index (χ4v) is 15.5. The van der Waals surface area contributed by atoms with Crippen molar-refractivity contribution in [2.24, 2.45) is 51.8 Å². The van der Waals surface area contributed by atoms with Crippen molar-refractivity contribution in [3.63, 3.8) is 0 Å². The van der Waals surface area contributed by atoms with E-state index in [0.717, 1.165) is 64.6 Å². The fraction of sp³-hybridized carbons (Fsp3) is 0.841. The van der Waals surface area contributed by atoms with E-state index in [4.69, 9.17) is 23.4 Å². The number of hydrogen-bond acceptors (Lipinski definition) is 13. The lowest BCUT2D eigenvalue weighted by atomic mass is 9.31. The van der Waals surface area contributed by atoms with Crippen molar-refractivity contribution in [2.75, 3.05) is 26.4 Å². The highest BCUT2D eigenvalue weighted by atomic mass is 16.7. The summed E-state index contributed by atoms with van der Waals surface area (Å²) < 4.78 is 32.8. The summed E-state index contributed by atoms with van der Waals surface area (Å²) in [6.45, 7) is 7.43. The maximum atomic E-state index is 15.4. The minimum absolute atomic E-state index is 0.0506. The lowest BCUT2D eigenvalue weighted by Crippen LogP contribution is -2.80. The molecule has 2 bridgehead atoms. The van der Waals surface area contributed by atoms with Gasteiger partial charge in [-0.05, 0) is 88.5 Å². The molecule has 5 N–H and O–H groups in total. The summed E-state index contributed by atoms with van der Waals surface area (Å²) in [6.07, 6.45) is 7.18. The fourth-order valence-electron chi connectivity index (χ4n) is 15.5. The molecule has 13 nitrogen and oxygen atoms in total. The van der Waals surface area contributed by atoms with Gasteiger partial charge in [0.15, 0.2) is 11.9 Å². The van der Waals surface area contributed by atoms with Gasteiger partial charge in [-0.15, -0.1) is 0 Å². The number of aliphatic hydroxyl groups is 3. The molecule has 13 heteroatoms. The Bertz CT molecular complexity index is 1770. The predicted molar refractivity (Wildman–Crippen MR) is 202 cm³/mol. The van der Waals surface area contributed by atoms with Gasteiger partial charge in [-0.25, -0.2) is 4.79 Å². The van der Waals surface area contributed by atoms with E-state index in [9.17, 15) is 24.9 Å². The first-order valence-electron chi connectivity index (χ1n) is 22.1. The van der Waals surface area contributed by atoms with Crippen molar-refractivity contribution in [1.29, 1.82) is 0 Å². The molecule has 314 valence electrons. The first kappa shape index (κ1) is 38.8. The SMILES string of the molecule is CC1(C)O[C@H]2[C@@H]3CC[C@@H]4C[C@@]5(C)[C@H](c6ccoc6C[C@H](CCCC[C@H]6CNCN6)[C@H](O)CO)OC(=O)[C@H]6O[C@]65[C@]5(C6CCCCC6)[C@H](O)C(=O)[C@H]1[C@@]2(COC3=O)[C@@H]45. The number of esters is 2. The maximum absolute atomic E-state index is 15.4. The number of ether oxygens (including phenoxy) is 4. The Balaban J connectivity index is 1.08. The maximum Gasteiger partial charge on any atom is 0.339 e. The summed E-state index contributed by atoms with van der Waals surface area (Å²) in [5.41, 5.74) is -4.40. The summed E-state index contributed by atoms with van der Waals surface area (Å²) in [5, 5.41) is 41.2. The van der Waals surface area contributed by atoms with E-state index in [2.05, 4.69) is 17.6 Å². The number of furan rings is 1. The molecule has 0 aromatic carbocycles. The smallest absolute Gasteiger partial charge is 0.339 e. The van der Waals surface area contributed by atoms with Crippen LogP contribution in [0.4, 0.5) is 0 Å². The van der Waals surface area contributed by atoms with Gasteiger partial charge < -0.3 is 49.3 Å². The van der Waals surface area contributed by atoms with Crippen molar-refractivity contribution < 1.29 is 53.1 Å². The van der Waals surface area contributed by atoms with Gasteiger partial charge in [0.25, 0.3) is 0 Å². The van der Waals surface area contributed by atoms with Crippen LogP contribution >= 0.6 is 0 Å². The van der Waals surface area contributed by atoms with Gasteiger partial charge >= 0.3 is 11.9 Å². The van der Waals surface area contributed by atoms with Crippen molar-refractivity contribution in [3.8, 4) is 0 Å². The van der Waals surface area contributed by atoms with E-state index < -0.39 is 75.8 Å². The highest BCUT2D eigenvalue weighted by molar-refractivity contribution is 5.92. The van der Waals surface area contributed by atoms with Crippen LogP contribution < -0.4 is 10.6 Å². The van der Waals surface area contributed by atoms with E-state index in [1.165, 1.54) is 0 Å². The second kappa shape index (κ2) is 13.6. The summed E-state index contributed by atoms with van der Waals surface area (Å²) in [4.78, 5) is 43.5. The molecule has 5 saturated heterocycles. The Hall–Kier alpha value is -2.39. The highest BCUT2D eigenvalue weighted by Crippen LogP contribution is 2.84. The molecular formula is C44H62N2O11. The van der Waals surface area contributed by atoms with Crippen molar-refractivity contribution in [1.82, 2.24) is 10.6 Å². The number of epoxide rings is 1. The monoisotopic (exact) mass is 794 g/mol. The lowest BCUT2D eigenvalue weighted by molar-refractivity contribution is -0.289. The van der Waals surface area contributed by atoms with E-state index in [-0.39, 0.29) is 48.6 Å². The van der Waals surface area contributed by atoms with Crippen LogP contribution in [0.2, 0.25) is 0 Å². The van der Waals surface area contributed by atoms with Crippen LogP contribution in [0, 0.1) is 51.8 Å². The Labute approximate surface area is 334 Å². The normalized spacial score (nSPS) is 46.6. The second-order valence-corrected chi connectivity index (χ2v) is 20.3. The minimum atomic E-state index is -1.42. The second-order valence-electron chi connectivity index (χ2n) is 20.3. The number of nitrogens with one attached hydrogen (secondary N) is 2. The number of aliphatic hydroxyl groups excluding tert-OH is 3. The van der Waals surface area contributed by atoms with Crippen molar-refractivity contribution in [2.45, 2.75) is 152 Å². The van der Waals surface area contributed by atoms with Crippen LogP contribution in [-0.4, -0.2) is 101 Å². The molecule has 4 saturated carbocycles. The lowest BCUT2D eigenvalue weighted by Gasteiger charge is -2.71. The largest absolute Gasteiger partial charge is 0.469 e. The summed E-state index contributed by atoms with van der Waals surface area (Å²) >= 11 is 0. The Kier molecular flexibility index (Phi) is 9.23.